The van der Waals surface area contributed by atoms with Crippen molar-refractivity contribution < 1.29 is 4.57 Å². The van der Waals surface area contributed by atoms with Crippen LogP contribution in [0, 0.1) is 0 Å². The molecule has 11 rings (SSSR count). The smallest absolute Gasteiger partial charge is 0.171 e. The summed E-state index contributed by atoms with van der Waals surface area (Å²) < 4.78 is 16.9. The highest BCUT2D eigenvalue weighted by Crippen LogP contribution is 2.59. The van der Waals surface area contributed by atoms with Crippen molar-refractivity contribution in [1.29, 1.82) is 0 Å². The number of rotatable bonds is 7. The minimum atomic E-state index is -3.51. The molecular formula is C56H39OP. The maximum atomic E-state index is 16.9. The SMILES string of the molecule is O=P(c1ccccc1)(c1ccc2c(c1)C(c1ccccc1)(c1ccccc1)c1ccccc1-2)c1ccc2c(c1)C(c1ccccc1)(c1ccccc1)c1ccccc1-2. The summed E-state index contributed by atoms with van der Waals surface area (Å²) in [6.45, 7) is 0. The molecule has 9 aromatic carbocycles. The van der Waals surface area contributed by atoms with Gasteiger partial charge < -0.3 is 4.57 Å². The predicted octanol–water partition coefficient (Wildman–Crippen LogP) is 12.1. The molecule has 2 aliphatic rings. The van der Waals surface area contributed by atoms with Crippen LogP contribution in [0.25, 0.3) is 22.3 Å². The van der Waals surface area contributed by atoms with E-state index in [4.69, 9.17) is 0 Å². The number of hydrogen-bond donors (Lipinski definition) is 0. The maximum Gasteiger partial charge on any atom is 0.171 e. The molecule has 0 saturated heterocycles. The van der Waals surface area contributed by atoms with Crippen molar-refractivity contribution in [1.82, 2.24) is 0 Å². The Labute approximate surface area is 340 Å². The summed E-state index contributed by atoms with van der Waals surface area (Å²) in [5, 5.41) is 2.46. The van der Waals surface area contributed by atoms with Gasteiger partial charge in [0, 0.05) is 15.9 Å². The maximum absolute atomic E-state index is 16.9. The molecule has 2 aliphatic carbocycles. The van der Waals surface area contributed by atoms with Gasteiger partial charge >= 0.3 is 0 Å². The zero-order valence-corrected chi connectivity index (χ0v) is 32.8. The lowest BCUT2D eigenvalue weighted by molar-refractivity contribution is 0.592. The standard InChI is InChI=1S/C56H39OP/c57-58(44-28-14-5-15-29-44,45-34-36-49-47-30-16-18-32-51(47)55(53(49)38-45,40-20-6-1-7-21-40)41-22-8-2-9-23-41)46-35-37-50-48-31-17-19-33-52(48)56(54(50)39-46,42-24-10-3-11-25-42)43-26-12-4-13-27-43/h1-39H. The van der Waals surface area contributed by atoms with Crippen LogP contribution in [-0.4, -0.2) is 0 Å². The van der Waals surface area contributed by atoms with E-state index in [2.05, 4.69) is 206 Å². The molecule has 0 fully saturated rings. The summed E-state index contributed by atoms with van der Waals surface area (Å²) in [5.41, 5.74) is 13.0. The van der Waals surface area contributed by atoms with Crippen LogP contribution in [0.5, 0.6) is 0 Å². The van der Waals surface area contributed by atoms with Gasteiger partial charge in [0.05, 0.1) is 10.8 Å². The second-order valence-electron chi connectivity index (χ2n) is 15.5. The van der Waals surface area contributed by atoms with E-state index in [9.17, 15) is 0 Å². The van der Waals surface area contributed by atoms with Gasteiger partial charge in [-0.25, -0.2) is 0 Å². The first-order valence-corrected chi connectivity index (χ1v) is 21.7. The summed E-state index contributed by atoms with van der Waals surface area (Å²) in [6.07, 6.45) is 0. The van der Waals surface area contributed by atoms with E-state index in [1.165, 1.54) is 55.6 Å². The number of benzene rings is 9. The van der Waals surface area contributed by atoms with E-state index >= 15 is 4.57 Å². The molecule has 0 N–H and O–H groups in total. The quantitative estimate of drug-likeness (QED) is 0.148. The molecule has 0 saturated carbocycles. The third-order valence-electron chi connectivity index (χ3n) is 12.7. The van der Waals surface area contributed by atoms with Crippen molar-refractivity contribution in [2.45, 2.75) is 10.8 Å². The van der Waals surface area contributed by atoms with Crippen molar-refractivity contribution in [2.75, 3.05) is 0 Å². The lowest BCUT2D eigenvalue weighted by Crippen LogP contribution is -2.32. The molecule has 0 heterocycles. The van der Waals surface area contributed by atoms with Crippen LogP contribution in [0.3, 0.4) is 0 Å². The summed E-state index contributed by atoms with van der Waals surface area (Å²) in [5.74, 6) is 0. The van der Waals surface area contributed by atoms with E-state index < -0.39 is 18.0 Å². The second kappa shape index (κ2) is 13.4. The van der Waals surface area contributed by atoms with E-state index in [-0.39, 0.29) is 0 Å². The van der Waals surface area contributed by atoms with Crippen molar-refractivity contribution in [2.24, 2.45) is 0 Å². The van der Waals surface area contributed by atoms with Gasteiger partial charge in [-0.1, -0.05) is 224 Å². The van der Waals surface area contributed by atoms with E-state index in [1.807, 2.05) is 30.3 Å². The Hall–Kier alpha value is -6.79. The van der Waals surface area contributed by atoms with Crippen molar-refractivity contribution in [3.63, 3.8) is 0 Å². The fourth-order valence-corrected chi connectivity index (χ4v) is 13.0. The molecule has 1 nitrogen and oxygen atoms in total. The molecule has 9 aromatic rings. The highest BCUT2D eigenvalue weighted by Gasteiger charge is 2.49. The Bertz CT molecular complexity index is 2750. The third-order valence-corrected chi connectivity index (χ3v) is 15.8. The molecule has 58 heavy (non-hydrogen) atoms. The third kappa shape index (κ3) is 4.75. The van der Waals surface area contributed by atoms with Crippen LogP contribution < -0.4 is 15.9 Å². The molecule has 0 unspecified atom stereocenters. The molecule has 0 bridgehead atoms. The summed E-state index contributed by atoms with van der Waals surface area (Å²) >= 11 is 0. The molecule has 0 aromatic heterocycles. The van der Waals surface area contributed by atoms with Crippen molar-refractivity contribution in [3.8, 4) is 22.3 Å². The average Bonchev–Trinajstić information content (AvgIpc) is 3.78. The van der Waals surface area contributed by atoms with Gasteiger partial charge in [-0.05, 0) is 78.9 Å². The molecule has 0 spiro atoms. The largest absolute Gasteiger partial charge is 0.309 e. The molecule has 0 radical (unpaired) electrons. The number of fused-ring (bicyclic) bond motifs is 6. The van der Waals surface area contributed by atoms with Crippen LogP contribution in [0.15, 0.2) is 237 Å². The van der Waals surface area contributed by atoms with Crippen LogP contribution in [0.4, 0.5) is 0 Å². The highest BCUT2D eigenvalue weighted by atomic mass is 31.2. The van der Waals surface area contributed by atoms with Gasteiger partial charge in [-0.15, -0.1) is 0 Å². The Balaban J connectivity index is 1.21. The van der Waals surface area contributed by atoms with Crippen LogP contribution in [-0.2, 0) is 15.4 Å². The first-order valence-electron chi connectivity index (χ1n) is 20.0. The fraction of sp³-hybridized carbons (Fsp3) is 0.0357. The molecular weight excluding hydrogens is 720 g/mol. The molecule has 0 atom stereocenters. The molecule has 0 aliphatic heterocycles. The van der Waals surface area contributed by atoms with Gasteiger partial charge in [-0.2, -0.15) is 0 Å². The van der Waals surface area contributed by atoms with Crippen LogP contribution in [0.2, 0.25) is 0 Å². The predicted molar refractivity (Wildman–Crippen MR) is 240 cm³/mol. The van der Waals surface area contributed by atoms with E-state index in [0.717, 1.165) is 27.0 Å². The fourth-order valence-electron chi connectivity index (χ4n) is 10.3. The van der Waals surface area contributed by atoms with Crippen molar-refractivity contribution >= 4 is 23.1 Å². The second-order valence-corrected chi connectivity index (χ2v) is 18.2. The monoisotopic (exact) mass is 758 g/mol. The first kappa shape index (κ1) is 34.5. The number of hydrogen-bond acceptors (Lipinski definition) is 1. The van der Waals surface area contributed by atoms with Crippen molar-refractivity contribution in [3.05, 3.63) is 281 Å². The van der Waals surface area contributed by atoms with E-state index in [0.29, 0.717) is 0 Å². The summed E-state index contributed by atoms with van der Waals surface area (Å²) in [6, 6.07) is 84.4. The minimum absolute atomic E-state index is 0.610. The van der Waals surface area contributed by atoms with E-state index in [1.54, 1.807) is 0 Å². The Kier molecular flexibility index (Phi) is 7.97. The van der Waals surface area contributed by atoms with Gasteiger partial charge in [0.25, 0.3) is 0 Å². The Morgan fingerprint density at radius 2 is 0.552 bits per heavy atom. The molecule has 274 valence electrons. The Morgan fingerprint density at radius 3 is 0.914 bits per heavy atom. The van der Waals surface area contributed by atoms with Gasteiger partial charge in [-0.3, -0.25) is 0 Å². The summed E-state index contributed by atoms with van der Waals surface area (Å²) in [7, 11) is -3.51. The molecule has 2 heteroatoms. The highest BCUT2D eigenvalue weighted by molar-refractivity contribution is 7.85. The zero-order valence-electron chi connectivity index (χ0n) is 31.9. The minimum Gasteiger partial charge on any atom is -0.309 e. The average molecular weight is 759 g/mol. The zero-order chi connectivity index (χ0) is 38.7. The first-order chi connectivity index (χ1) is 28.7. The summed E-state index contributed by atoms with van der Waals surface area (Å²) in [4.78, 5) is 0. The Morgan fingerprint density at radius 1 is 0.259 bits per heavy atom. The van der Waals surface area contributed by atoms with Crippen LogP contribution in [0.1, 0.15) is 44.5 Å². The topological polar surface area (TPSA) is 17.1 Å². The van der Waals surface area contributed by atoms with Crippen LogP contribution >= 0.6 is 7.14 Å². The molecule has 0 amide bonds. The lowest BCUT2D eigenvalue weighted by Gasteiger charge is -2.35. The van der Waals surface area contributed by atoms with Gasteiger partial charge in [0.2, 0.25) is 0 Å². The van der Waals surface area contributed by atoms with Gasteiger partial charge in [0.1, 0.15) is 0 Å². The normalized spacial score (nSPS) is 14.2. The van der Waals surface area contributed by atoms with Gasteiger partial charge in [0.15, 0.2) is 7.14 Å². The lowest BCUT2D eigenvalue weighted by atomic mass is 9.68.